The molecule has 1 aliphatic rings. The highest BCUT2D eigenvalue weighted by molar-refractivity contribution is 9.10. The number of rotatable bonds is 5. The summed E-state index contributed by atoms with van der Waals surface area (Å²) >= 11 is 9.55. The minimum atomic E-state index is -0.907. The number of aliphatic carboxylic acids is 1. The van der Waals surface area contributed by atoms with Crippen LogP contribution < -0.4 is 0 Å². The molecule has 1 N–H and O–H groups in total. The monoisotopic (exact) mass is 361 g/mol. The van der Waals surface area contributed by atoms with Crippen molar-refractivity contribution in [3.05, 3.63) is 33.3 Å². The van der Waals surface area contributed by atoms with Crippen LogP contribution in [0.25, 0.3) is 0 Å². The third-order valence-electron chi connectivity index (χ3n) is 3.38. The Labute approximate surface area is 131 Å². The summed E-state index contributed by atoms with van der Waals surface area (Å²) in [5, 5.41) is 9.33. The number of hydrogen-bond donors (Lipinski definition) is 1. The Morgan fingerprint density at radius 1 is 1.45 bits per heavy atom. The van der Waals surface area contributed by atoms with E-state index in [-0.39, 0.29) is 12.7 Å². The summed E-state index contributed by atoms with van der Waals surface area (Å²) in [7, 11) is 0. The molecule has 20 heavy (non-hydrogen) atoms. The van der Waals surface area contributed by atoms with Gasteiger partial charge in [-0.05, 0) is 36.6 Å². The van der Waals surface area contributed by atoms with E-state index in [1.54, 1.807) is 0 Å². The van der Waals surface area contributed by atoms with Crippen LogP contribution in [0.2, 0.25) is 5.02 Å². The molecule has 0 saturated carbocycles. The van der Waals surface area contributed by atoms with Crippen molar-refractivity contribution in [1.82, 2.24) is 4.90 Å². The van der Waals surface area contributed by atoms with Gasteiger partial charge in [-0.2, -0.15) is 0 Å². The quantitative estimate of drug-likeness (QED) is 0.874. The molecule has 0 spiro atoms. The average Bonchev–Trinajstić information content (AvgIpc) is 2.42. The number of carbonyl (C=O) groups is 1. The van der Waals surface area contributed by atoms with Crippen LogP contribution in [0.5, 0.6) is 0 Å². The number of nitrogens with zero attached hydrogens (tertiary/aromatic N) is 1. The van der Waals surface area contributed by atoms with Gasteiger partial charge in [0, 0.05) is 29.1 Å². The largest absolute Gasteiger partial charge is 0.480 e. The van der Waals surface area contributed by atoms with Crippen molar-refractivity contribution >= 4 is 33.5 Å². The molecule has 0 aromatic heterocycles. The molecule has 2 rings (SSSR count). The Kier molecular flexibility index (Phi) is 5.84. The van der Waals surface area contributed by atoms with Gasteiger partial charge in [-0.3, -0.25) is 4.90 Å². The highest BCUT2D eigenvalue weighted by Crippen LogP contribution is 2.24. The van der Waals surface area contributed by atoms with Gasteiger partial charge in [-0.15, -0.1) is 0 Å². The first-order valence-corrected chi connectivity index (χ1v) is 7.71. The van der Waals surface area contributed by atoms with Gasteiger partial charge in [-0.1, -0.05) is 27.5 Å². The first-order valence-electron chi connectivity index (χ1n) is 6.54. The van der Waals surface area contributed by atoms with Crippen molar-refractivity contribution in [3.8, 4) is 0 Å². The zero-order valence-corrected chi connectivity index (χ0v) is 13.4. The number of halogens is 2. The lowest BCUT2D eigenvalue weighted by Crippen LogP contribution is -2.37. The summed E-state index contributed by atoms with van der Waals surface area (Å²) in [4.78, 5) is 12.8. The van der Waals surface area contributed by atoms with E-state index in [9.17, 15) is 4.79 Å². The maximum Gasteiger partial charge on any atom is 0.329 e. The third-order valence-corrected chi connectivity index (χ3v) is 4.39. The van der Waals surface area contributed by atoms with Crippen LogP contribution in [-0.4, -0.2) is 41.8 Å². The Hall–Kier alpha value is -0.620. The molecular formula is C14H17BrClNO3. The second-order valence-corrected chi connectivity index (χ2v) is 6.21. The van der Waals surface area contributed by atoms with Crippen molar-refractivity contribution in [2.24, 2.45) is 0 Å². The maximum atomic E-state index is 10.5. The van der Waals surface area contributed by atoms with Crippen LogP contribution >= 0.6 is 27.5 Å². The summed E-state index contributed by atoms with van der Waals surface area (Å²) in [6.07, 6.45) is 1.79. The lowest BCUT2D eigenvalue weighted by molar-refractivity contribution is -0.145. The van der Waals surface area contributed by atoms with Gasteiger partial charge in [0.25, 0.3) is 0 Å². The summed E-state index contributed by atoms with van der Waals surface area (Å²) in [5.74, 6) is -0.907. The highest BCUT2D eigenvalue weighted by atomic mass is 79.9. The van der Waals surface area contributed by atoms with Crippen molar-refractivity contribution in [3.63, 3.8) is 0 Å². The number of hydrogen-bond acceptors (Lipinski definition) is 3. The van der Waals surface area contributed by atoms with E-state index < -0.39 is 5.97 Å². The summed E-state index contributed by atoms with van der Waals surface area (Å²) in [6.45, 7) is 2.45. The molecule has 4 nitrogen and oxygen atoms in total. The average molecular weight is 363 g/mol. The molecule has 0 amide bonds. The van der Waals surface area contributed by atoms with Crippen LogP contribution in [0.4, 0.5) is 0 Å². The van der Waals surface area contributed by atoms with Gasteiger partial charge in [-0.25, -0.2) is 4.79 Å². The van der Waals surface area contributed by atoms with Crippen molar-refractivity contribution in [2.75, 3.05) is 19.7 Å². The van der Waals surface area contributed by atoms with Gasteiger partial charge in [0.05, 0.1) is 6.10 Å². The molecule has 6 heteroatoms. The summed E-state index contributed by atoms with van der Waals surface area (Å²) in [5.41, 5.74) is 1.17. The zero-order chi connectivity index (χ0) is 14.5. The normalized spacial score (nSPS) is 17.3. The van der Waals surface area contributed by atoms with Crippen LogP contribution in [0.1, 0.15) is 18.4 Å². The first-order chi connectivity index (χ1) is 9.54. The Morgan fingerprint density at radius 2 is 2.15 bits per heavy atom. The first kappa shape index (κ1) is 15.8. The molecule has 110 valence electrons. The SMILES string of the molecule is O=C(O)COC1CCN(Cc2cc(Cl)ccc2Br)CC1. The van der Waals surface area contributed by atoms with Crippen LogP contribution in [0.15, 0.2) is 22.7 Å². The molecule has 1 fully saturated rings. The molecule has 0 bridgehead atoms. The number of ether oxygens (including phenoxy) is 1. The van der Waals surface area contributed by atoms with Gasteiger partial charge < -0.3 is 9.84 Å². The molecule has 1 heterocycles. The van der Waals surface area contributed by atoms with E-state index in [1.807, 2.05) is 18.2 Å². The Bertz CT molecular complexity index is 475. The standard InChI is InChI=1S/C14H17BrClNO3/c15-13-2-1-11(16)7-10(13)8-17-5-3-12(4-6-17)20-9-14(18)19/h1-2,7,12H,3-6,8-9H2,(H,18,19). The van der Waals surface area contributed by atoms with Gasteiger partial charge in [0.1, 0.15) is 6.61 Å². The molecule has 1 saturated heterocycles. The van der Waals surface area contributed by atoms with Crippen molar-refractivity contribution in [1.29, 1.82) is 0 Å². The smallest absolute Gasteiger partial charge is 0.329 e. The van der Waals surface area contributed by atoms with E-state index in [4.69, 9.17) is 21.4 Å². The molecule has 0 radical (unpaired) electrons. The number of carboxylic acid groups (broad SMARTS) is 1. The van der Waals surface area contributed by atoms with E-state index in [0.717, 1.165) is 42.0 Å². The van der Waals surface area contributed by atoms with Crippen LogP contribution in [0.3, 0.4) is 0 Å². The van der Waals surface area contributed by atoms with E-state index >= 15 is 0 Å². The van der Waals surface area contributed by atoms with E-state index in [1.165, 1.54) is 5.56 Å². The molecular weight excluding hydrogens is 346 g/mol. The molecule has 1 aromatic rings. The predicted octanol–water partition coefficient (Wildman–Crippen LogP) is 3.17. The fraction of sp³-hybridized carbons (Fsp3) is 0.500. The van der Waals surface area contributed by atoms with Gasteiger partial charge in [0.2, 0.25) is 0 Å². The lowest BCUT2D eigenvalue weighted by atomic mass is 10.1. The minimum Gasteiger partial charge on any atom is -0.480 e. The lowest BCUT2D eigenvalue weighted by Gasteiger charge is -2.31. The molecule has 0 aliphatic carbocycles. The summed E-state index contributed by atoms with van der Waals surface area (Å²) < 4.78 is 6.39. The minimum absolute atomic E-state index is 0.0603. The summed E-state index contributed by atoms with van der Waals surface area (Å²) in [6, 6.07) is 5.79. The zero-order valence-electron chi connectivity index (χ0n) is 11.0. The number of likely N-dealkylation sites (tertiary alicyclic amines) is 1. The van der Waals surface area contributed by atoms with Crippen LogP contribution in [-0.2, 0) is 16.1 Å². The third kappa shape index (κ3) is 4.74. The van der Waals surface area contributed by atoms with E-state index in [0.29, 0.717) is 0 Å². The fourth-order valence-electron chi connectivity index (χ4n) is 2.33. The van der Waals surface area contributed by atoms with Gasteiger partial charge >= 0.3 is 5.97 Å². The highest BCUT2D eigenvalue weighted by Gasteiger charge is 2.21. The Balaban J connectivity index is 1.82. The van der Waals surface area contributed by atoms with Crippen molar-refractivity contribution < 1.29 is 14.6 Å². The molecule has 0 unspecified atom stereocenters. The number of piperidine rings is 1. The second-order valence-electron chi connectivity index (χ2n) is 4.92. The molecule has 1 aromatic carbocycles. The molecule has 0 atom stereocenters. The number of benzene rings is 1. The predicted molar refractivity (Wildman–Crippen MR) is 81.0 cm³/mol. The van der Waals surface area contributed by atoms with Gasteiger partial charge in [0.15, 0.2) is 0 Å². The topological polar surface area (TPSA) is 49.8 Å². The Morgan fingerprint density at radius 3 is 2.80 bits per heavy atom. The number of carboxylic acids is 1. The van der Waals surface area contributed by atoms with Crippen molar-refractivity contribution in [2.45, 2.75) is 25.5 Å². The fourth-order valence-corrected chi connectivity index (χ4v) is 2.90. The van der Waals surface area contributed by atoms with E-state index in [2.05, 4.69) is 20.8 Å². The van der Waals surface area contributed by atoms with Crippen LogP contribution in [0, 0.1) is 0 Å². The maximum absolute atomic E-state index is 10.5. The second kappa shape index (κ2) is 7.41. The molecule has 1 aliphatic heterocycles.